The third-order valence-corrected chi connectivity index (χ3v) is 2.80. The number of urea groups is 1. The number of likely N-dealkylation sites (N-methyl/N-ethyl adjacent to an activating group) is 1. The van der Waals surface area contributed by atoms with Gasteiger partial charge in [0.15, 0.2) is 0 Å². The standard InChI is InChI=1S/C6H3Cl.C5H8N4O2/c7-6-3-4-1-2-5(4)6;1-9-2-3(10)7-5(9)8-4(6)11/h1-3H;2H2,1H3,(H3,6,7,8,10,11). The Kier molecular flexibility index (Phi) is 3.20. The number of hydrogen-bond donors (Lipinski definition) is 2. The molecule has 1 heterocycles. The molecule has 1 aliphatic heterocycles. The highest BCUT2D eigenvalue weighted by atomic mass is 35.5. The number of nitrogens with two attached hydrogens (primary N) is 1. The van der Waals surface area contributed by atoms with Crippen molar-refractivity contribution in [2.24, 2.45) is 10.7 Å². The molecule has 0 aromatic carbocycles. The number of hydrogen-bond acceptors (Lipinski definition) is 2. The summed E-state index contributed by atoms with van der Waals surface area (Å²) in [5.41, 5.74) is 4.78. The predicted molar refractivity (Wildman–Crippen MR) is 66.9 cm³/mol. The number of guanidine groups is 1. The summed E-state index contributed by atoms with van der Waals surface area (Å²) >= 11 is 5.60. The molecule has 94 valence electrons. The fourth-order valence-corrected chi connectivity index (χ4v) is 1.80. The molecule has 18 heavy (non-hydrogen) atoms. The summed E-state index contributed by atoms with van der Waals surface area (Å²) in [6, 6.07) is 5.24. The summed E-state index contributed by atoms with van der Waals surface area (Å²) in [6.07, 6.45) is 0. The van der Waals surface area contributed by atoms with E-state index in [2.05, 4.69) is 16.4 Å². The Bertz CT molecular complexity index is 641. The normalized spacial score (nSPS) is 17.1. The Hall–Kier alpha value is -2.08. The number of carbonyl (C=O) groups excluding carboxylic acids is 2. The fraction of sp³-hybridized carbons (Fsp3) is 0.182. The van der Waals surface area contributed by atoms with E-state index in [-0.39, 0.29) is 18.4 Å². The van der Waals surface area contributed by atoms with Crippen LogP contribution in [0.5, 0.6) is 0 Å². The van der Waals surface area contributed by atoms with Gasteiger partial charge in [-0.3, -0.25) is 10.1 Å². The van der Waals surface area contributed by atoms with Gasteiger partial charge in [0.25, 0.3) is 0 Å². The van der Waals surface area contributed by atoms with Crippen LogP contribution in [0.3, 0.4) is 0 Å². The second-order valence-corrected chi connectivity index (χ2v) is 4.28. The van der Waals surface area contributed by atoms with Gasteiger partial charge in [0.05, 0.1) is 6.54 Å². The van der Waals surface area contributed by atoms with Crippen LogP contribution in [0.4, 0.5) is 4.79 Å². The Morgan fingerprint density at radius 1 is 1.56 bits per heavy atom. The largest absolute Gasteiger partial charge is 0.350 e. The van der Waals surface area contributed by atoms with E-state index in [1.54, 1.807) is 7.05 Å². The molecule has 1 saturated heterocycles. The number of aliphatic imine (C=N–C) groups is 1. The van der Waals surface area contributed by atoms with Crippen molar-refractivity contribution in [2.75, 3.05) is 13.6 Å². The zero-order valence-electron chi connectivity index (χ0n) is 9.61. The number of benzene rings is 1. The molecule has 3 N–H and O–H groups in total. The van der Waals surface area contributed by atoms with Gasteiger partial charge in [0.2, 0.25) is 11.9 Å². The van der Waals surface area contributed by atoms with Gasteiger partial charge < -0.3 is 10.6 Å². The number of rotatable bonds is 0. The minimum atomic E-state index is -0.811. The van der Waals surface area contributed by atoms with Gasteiger partial charge in [-0.2, -0.15) is 4.99 Å². The first kappa shape index (κ1) is 12.4. The summed E-state index contributed by atoms with van der Waals surface area (Å²) in [5.74, 6) is 0.0231. The van der Waals surface area contributed by atoms with Crippen LogP contribution in [0.15, 0.2) is 23.2 Å². The van der Waals surface area contributed by atoms with Crippen molar-refractivity contribution in [3.8, 4) is 0 Å². The van der Waals surface area contributed by atoms with E-state index in [9.17, 15) is 9.59 Å². The number of halogens is 1. The van der Waals surface area contributed by atoms with Gasteiger partial charge in [-0.25, -0.2) is 4.79 Å². The van der Waals surface area contributed by atoms with Gasteiger partial charge in [0, 0.05) is 17.3 Å². The van der Waals surface area contributed by atoms with Gasteiger partial charge in [0.1, 0.15) is 0 Å². The maximum atomic E-state index is 10.7. The molecule has 0 aromatic rings. The van der Waals surface area contributed by atoms with Gasteiger partial charge in [-0.1, -0.05) is 23.7 Å². The molecule has 0 atom stereocenters. The summed E-state index contributed by atoms with van der Waals surface area (Å²) in [5, 5.41) is 5.83. The minimum Gasteiger partial charge on any atom is -0.350 e. The minimum absolute atomic E-state index is 0.187. The maximum Gasteiger partial charge on any atom is 0.341 e. The molecule has 0 unspecified atom stereocenters. The molecule has 0 radical (unpaired) electrons. The summed E-state index contributed by atoms with van der Waals surface area (Å²) < 4.78 is 0. The Balaban J connectivity index is 0.000000146. The second kappa shape index (κ2) is 4.66. The van der Waals surface area contributed by atoms with E-state index >= 15 is 0 Å². The highest BCUT2D eigenvalue weighted by Gasteiger charge is 2.21. The molecular weight excluding hydrogens is 256 g/mol. The highest BCUT2D eigenvalue weighted by molar-refractivity contribution is 6.31. The van der Waals surface area contributed by atoms with Gasteiger partial charge in [-0.15, -0.1) is 0 Å². The van der Waals surface area contributed by atoms with E-state index in [1.165, 1.54) is 15.3 Å². The Morgan fingerprint density at radius 3 is 2.50 bits per heavy atom. The Morgan fingerprint density at radius 2 is 2.28 bits per heavy atom. The van der Waals surface area contributed by atoms with Crippen molar-refractivity contribution < 1.29 is 9.59 Å². The van der Waals surface area contributed by atoms with Crippen molar-refractivity contribution in [1.29, 1.82) is 0 Å². The third kappa shape index (κ3) is 2.43. The van der Waals surface area contributed by atoms with Crippen molar-refractivity contribution >= 4 is 29.5 Å². The molecule has 3 rings (SSSR count). The lowest BCUT2D eigenvalue weighted by atomic mass is 10.1. The van der Waals surface area contributed by atoms with Crippen molar-refractivity contribution in [1.82, 2.24) is 10.2 Å². The van der Waals surface area contributed by atoms with Gasteiger partial charge >= 0.3 is 6.03 Å². The molecule has 0 saturated carbocycles. The summed E-state index contributed by atoms with van der Waals surface area (Å²) in [4.78, 5) is 25.8. The fourth-order valence-electron chi connectivity index (χ4n) is 1.51. The zero-order chi connectivity index (χ0) is 13.3. The lowest BCUT2D eigenvalue weighted by Crippen LogP contribution is -2.29. The molecule has 6 nitrogen and oxygen atoms in total. The lowest BCUT2D eigenvalue weighted by Gasteiger charge is -2.05. The van der Waals surface area contributed by atoms with E-state index in [0.29, 0.717) is 0 Å². The molecule has 0 spiro atoms. The molecule has 2 aliphatic carbocycles. The first-order chi connectivity index (χ1) is 8.47. The van der Waals surface area contributed by atoms with Crippen LogP contribution >= 0.6 is 11.6 Å². The molecule has 3 aliphatic rings. The van der Waals surface area contributed by atoms with E-state index in [4.69, 9.17) is 17.3 Å². The monoisotopic (exact) mass is 266 g/mol. The van der Waals surface area contributed by atoms with Crippen molar-refractivity contribution in [2.45, 2.75) is 0 Å². The molecule has 7 heteroatoms. The number of carbonyl (C=O) groups is 2. The average Bonchev–Trinajstić information content (AvgIpc) is 2.53. The average molecular weight is 267 g/mol. The third-order valence-electron chi connectivity index (χ3n) is 2.49. The van der Waals surface area contributed by atoms with Crippen LogP contribution in [-0.4, -0.2) is 36.4 Å². The highest BCUT2D eigenvalue weighted by Crippen LogP contribution is 2.20. The molecular formula is C11H11ClN4O2. The van der Waals surface area contributed by atoms with Crippen molar-refractivity contribution in [3.63, 3.8) is 0 Å². The van der Waals surface area contributed by atoms with Crippen LogP contribution in [-0.2, 0) is 4.79 Å². The van der Waals surface area contributed by atoms with E-state index in [0.717, 1.165) is 5.02 Å². The number of nitrogens with one attached hydrogen (secondary N) is 1. The predicted octanol–water partition coefficient (Wildman–Crippen LogP) is 0.423. The van der Waals surface area contributed by atoms with Crippen LogP contribution in [0.2, 0.25) is 5.02 Å². The number of nitrogens with zero attached hydrogens (tertiary/aromatic N) is 2. The molecule has 3 amide bonds. The SMILES string of the molecule is CN1CC(=O)N/C1=N/C(N)=O.Clc1cc2ccc1=2. The zero-order valence-corrected chi connectivity index (χ0v) is 10.4. The maximum absolute atomic E-state index is 10.7. The lowest BCUT2D eigenvalue weighted by molar-refractivity contribution is -0.118. The summed E-state index contributed by atoms with van der Waals surface area (Å²) in [6.45, 7) is 0.214. The first-order valence-electron chi connectivity index (χ1n) is 5.16. The van der Waals surface area contributed by atoms with E-state index < -0.39 is 6.03 Å². The molecule has 0 aromatic heterocycles. The van der Waals surface area contributed by atoms with E-state index in [1.807, 2.05) is 12.1 Å². The number of primary amides is 1. The first-order valence-corrected chi connectivity index (χ1v) is 5.54. The van der Waals surface area contributed by atoms with Crippen LogP contribution < -0.4 is 11.1 Å². The number of amides is 3. The molecule has 0 bridgehead atoms. The molecule has 1 fully saturated rings. The van der Waals surface area contributed by atoms with Crippen LogP contribution in [0.25, 0.3) is 0 Å². The second-order valence-electron chi connectivity index (χ2n) is 3.87. The van der Waals surface area contributed by atoms with Gasteiger partial charge in [-0.05, 0) is 11.3 Å². The van der Waals surface area contributed by atoms with Crippen molar-refractivity contribution in [3.05, 3.63) is 33.7 Å². The Labute approximate surface area is 108 Å². The summed E-state index contributed by atoms with van der Waals surface area (Å²) in [7, 11) is 1.64. The van der Waals surface area contributed by atoms with Crippen LogP contribution in [0.1, 0.15) is 0 Å². The smallest absolute Gasteiger partial charge is 0.341 e. The van der Waals surface area contributed by atoms with Crippen LogP contribution in [0, 0.1) is 10.4 Å². The quantitative estimate of drug-likeness (QED) is 0.724. The topological polar surface area (TPSA) is 87.8 Å².